The van der Waals surface area contributed by atoms with Gasteiger partial charge in [-0.2, -0.15) is 0 Å². The highest BCUT2D eigenvalue weighted by Gasteiger charge is 2.34. The Bertz CT molecular complexity index is 970. The molecule has 1 unspecified atom stereocenters. The average Bonchev–Trinajstić information content (AvgIpc) is 3.14. The smallest absolute Gasteiger partial charge is 0.325 e. The molecule has 2 saturated heterocycles. The lowest BCUT2D eigenvalue weighted by atomic mass is 10.1. The molecule has 2 aromatic rings. The fraction of sp³-hybridized carbons (Fsp3) is 0.455. The van der Waals surface area contributed by atoms with E-state index >= 15 is 0 Å². The molecule has 0 radical (unpaired) electrons. The maximum absolute atomic E-state index is 14.1. The van der Waals surface area contributed by atoms with Gasteiger partial charge in [0.25, 0.3) is 0 Å². The molecule has 2 fully saturated rings. The molecule has 0 saturated carbocycles. The van der Waals surface area contributed by atoms with Crippen LogP contribution in [0.4, 0.5) is 20.7 Å². The number of likely N-dealkylation sites (tertiary alicyclic amines) is 1. The highest BCUT2D eigenvalue weighted by Crippen LogP contribution is 2.24. The highest BCUT2D eigenvalue weighted by molar-refractivity contribution is 5.96. The molecular formula is C22H27FN6O3. The summed E-state index contributed by atoms with van der Waals surface area (Å²) in [7, 11) is 3.77. The van der Waals surface area contributed by atoms with Crippen molar-refractivity contribution in [1.82, 2.24) is 20.0 Å². The van der Waals surface area contributed by atoms with Crippen LogP contribution in [0.3, 0.4) is 0 Å². The number of piperidine rings is 1. The van der Waals surface area contributed by atoms with Gasteiger partial charge < -0.3 is 19.4 Å². The number of rotatable bonds is 6. The molecular weight excluding hydrogens is 415 g/mol. The fourth-order valence-electron chi connectivity index (χ4n) is 3.93. The van der Waals surface area contributed by atoms with Crippen LogP contribution in [-0.2, 0) is 4.79 Å². The van der Waals surface area contributed by atoms with E-state index in [0.717, 1.165) is 18.7 Å². The number of para-hydroxylation sites is 1. The maximum Gasteiger partial charge on any atom is 0.325 e. The van der Waals surface area contributed by atoms with Gasteiger partial charge >= 0.3 is 6.03 Å². The summed E-state index contributed by atoms with van der Waals surface area (Å²) in [6, 6.07) is 9.40. The Kier molecular flexibility index (Phi) is 6.38. The quantitative estimate of drug-likeness (QED) is 0.681. The minimum Gasteiger partial charge on any atom is -0.471 e. The van der Waals surface area contributed by atoms with Crippen LogP contribution in [0.2, 0.25) is 0 Å². The zero-order valence-corrected chi connectivity index (χ0v) is 18.3. The van der Waals surface area contributed by atoms with Crippen molar-refractivity contribution in [1.29, 1.82) is 0 Å². The van der Waals surface area contributed by atoms with Crippen LogP contribution in [-0.4, -0.2) is 84.9 Å². The lowest BCUT2D eigenvalue weighted by molar-refractivity contribution is -0.134. The Morgan fingerprint density at radius 3 is 2.69 bits per heavy atom. The predicted molar refractivity (Wildman–Crippen MR) is 117 cm³/mol. The molecule has 0 bridgehead atoms. The van der Waals surface area contributed by atoms with Crippen molar-refractivity contribution < 1.29 is 18.7 Å². The van der Waals surface area contributed by atoms with Gasteiger partial charge in [-0.15, -0.1) is 10.2 Å². The summed E-state index contributed by atoms with van der Waals surface area (Å²) in [6.07, 6.45) is 1.43. The number of ether oxygens (including phenoxy) is 1. The van der Waals surface area contributed by atoms with Crippen LogP contribution in [0.25, 0.3) is 0 Å². The second-order valence-corrected chi connectivity index (χ2v) is 8.15. The molecule has 1 aromatic carbocycles. The van der Waals surface area contributed by atoms with Gasteiger partial charge in [0.2, 0.25) is 11.8 Å². The fourth-order valence-corrected chi connectivity index (χ4v) is 3.93. The standard InChI is InChI=1S/C22H27FN6O3/c1-26(2)19-9-10-20(25-24-19)32-16-6-5-11-27(14-16)21(30)15-28-12-13-29(22(28)31)18-8-4-3-7-17(18)23/h3-4,7-10,16H,5-6,11-15H2,1-2H3. The summed E-state index contributed by atoms with van der Waals surface area (Å²) in [6.45, 7) is 1.73. The Labute approximate surface area is 186 Å². The largest absolute Gasteiger partial charge is 0.471 e. The number of anilines is 2. The Morgan fingerprint density at radius 2 is 1.97 bits per heavy atom. The van der Waals surface area contributed by atoms with Crippen molar-refractivity contribution >= 4 is 23.4 Å². The normalized spacial score (nSPS) is 18.8. The first-order valence-electron chi connectivity index (χ1n) is 10.7. The van der Waals surface area contributed by atoms with E-state index in [4.69, 9.17) is 4.74 Å². The van der Waals surface area contributed by atoms with Crippen LogP contribution >= 0.6 is 0 Å². The number of carbonyl (C=O) groups is 2. The van der Waals surface area contributed by atoms with E-state index in [2.05, 4.69) is 10.2 Å². The van der Waals surface area contributed by atoms with Crippen molar-refractivity contribution in [3.8, 4) is 5.88 Å². The molecule has 3 heterocycles. The molecule has 3 amide bonds. The number of hydrogen-bond donors (Lipinski definition) is 0. The molecule has 0 aliphatic carbocycles. The van der Waals surface area contributed by atoms with Crippen molar-refractivity contribution in [3.63, 3.8) is 0 Å². The molecule has 1 aromatic heterocycles. The van der Waals surface area contributed by atoms with Crippen LogP contribution in [0.1, 0.15) is 12.8 Å². The molecule has 2 aliphatic rings. The molecule has 2 aliphatic heterocycles. The van der Waals surface area contributed by atoms with Gasteiger partial charge in [-0.3, -0.25) is 9.69 Å². The molecule has 170 valence electrons. The van der Waals surface area contributed by atoms with E-state index in [1.54, 1.807) is 29.2 Å². The minimum absolute atomic E-state index is 0.0339. The van der Waals surface area contributed by atoms with Crippen LogP contribution < -0.4 is 14.5 Å². The average molecular weight is 442 g/mol. The summed E-state index contributed by atoms with van der Waals surface area (Å²) in [5.74, 6) is 0.561. The third-order valence-electron chi connectivity index (χ3n) is 5.67. The number of hydrogen-bond acceptors (Lipinski definition) is 6. The number of carbonyl (C=O) groups excluding carboxylic acids is 2. The van der Waals surface area contributed by atoms with Crippen LogP contribution in [0.5, 0.6) is 5.88 Å². The minimum atomic E-state index is -0.452. The second-order valence-electron chi connectivity index (χ2n) is 8.15. The third kappa shape index (κ3) is 4.74. The third-order valence-corrected chi connectivity index (χ3v) is 5.67. The number of nitrogens with zero attached hydrogens (tertiary/aromatic N) is 6. The van der Waals surface area contributed by atoms with Crippen LogP contribution in [0, 0.1) is 5.82 Å². The van der Waals surface area contributed by atoms with Gasteiger partial charge in [-0.05, 0) is 31.0 Å². The van der Waals surface area contributed by atoms with Gasteiger partial charge in [-0.1, -0.05) is 12.1 Å². The molecule has 4 rings (SSSR count). The second kappa shape index (κ2) is 9.37. The lowest BCUT2D eigenvalue weighted by Crippen LogP contribution is -2.48. The topological polar surface area (TPSA) is 82.1 Å². The zero-order chi connectivity index (χ0) is 22.7. The zero-order valence-electron chi connectivity index (χ0n) is 18.3. The van der Waals surface area contributed by atoms with E-state index in [1.807, 2.05) is 25.1 Å². The van der Waals surface area contributed by atoms with Gasteiger partial charge in [0.15, 0.2) is 5.82 Å². The van der Waals surface area contributed by atoms with Gasteiger partial charge in [0.1, 0.15) is 18.5 Å². The number of aromatic nitrogens is 2. The first-order chi connectivity index (χ1) is 15.4. The monoisotopic (exact) mass is 442 g/mol. The van der Waals surface area contributed by atoms with E-state index in [1.165, 1.54) is 15.9 Å². The summed E-state index contributed by atoms with van der Waals surface area (Å²) in [4.78, 5) is 32.0. The lowest BCUT2D eigenvalue weighted by Gasteiger charge is -2.33. The van der Waals surface area contributed by atoms with Crippen molar-refractivity contribution in [2.45, 2.75) is 18.9 Å². The molecule has 32 heavy (non-hydrogen) atoms. The number of benzene rings is 1. The van der Waals surface area contributed by atoms with Crippen molar-refractivity contribution in [3.05, 3.63) is 42.2 Å². The maximum atomic E-state index is 14.1. The van der Waals surface area contributed by atoms with Gasteiger partial charge in [0.05, 0.1) is 12.2 Å². The number of urea groups is 1. The Hall–Kier alpha value is -3.43. The molecule has 10 heteroatoms. The highest BCUT2D eigenvalue weighted by atomic mass is 19.1. The molecule has 1 atom stereocenters. The summed E-state index contributed by atoms with van der Waals surface area (Å²) in [5, 5.41) is 8.20. The van der Waals surface area contributed by atoms with E-state index in [0.29, 0.717) is 32.1 Å². The predicted octanol–water partition coefficient (Wildman–Crippen LogP) is 1.99. The number of amides is 3. The van der Waals surface area contributed by atoms with E-state index < -0.39 is 5.82 Å². The van der Waals surface area contributed by atoms with E-state index in [-0.39, 0.29) is 30.3 Å². The van der Waals surface area contributed by atoms with Crippen molar-refractivity contribution in [2.75, 3.05) is 56.6 Å². The molecule has 9 nitrogen and oxygen atoms in total. The summed E-state index contributed by atoms with van der Waals surface area (Å²) < 4.78 is 20.0. The van der Waals surface area contributed by atoms with Crippen LogP contribution in [0.15, 0.2) is 36.4 Å². The van der Waals surface area contributed by atoms with E-state index in [9.17, 15) is 14.0 Å². The first kappa shape index (κ1) is 21.8. The van der Waals surface area contributed by atoms with Gasteiger partial charge in [-0.25, -0.2) is 9.18 Å². The summed E-state index contributed by atoms with van der Waals surface area (Å²) >= 11 is 0. The first-order valence-corrected chi connectivity index (χ1v) is 10.7. The Morgan fingerprint density at radius 1 is 1.16 bits per heavy atom. The molecule has 0 spiro atoms. The Balaban J connectivity index is 1.32. The molecule has 0 N–H and O–H groups in total. The van der Waals surface area contributed by atoms with Gasteiger partial charge in [0, 0.05) is 39.8 Å². The number of halogens is 1. The van der Waals surface area contributed by atoms with Crippen molar-refractivity contribution in [2.24, 2.45) is 0 Å². The SMILES string of the molecule is CN(C)c1ccc(OC2CCCN(C(=O)CN3CCN(c4ccccc4F)C3=O)C2)nn1. The summed E-state index contributed by atoms with van der Waals surface area (Å²) in [5.41, 5.74) is 0.236.